The second-order valence-corrected chi connectivity index (χ2v) is 7.71. The first kappa shape index (κ1) is 21.7. The van der Waals surface area contributed by atoms with Crippen LogP contribution in [-0.4, -0.2) is 61.9 Å². The molecule has 0 unspecified atom stereocenters. The van der Waals surface area contributed by atoms with Gasteiger partial charge in [-0.25, -0.2) is 13.8 Å². The van der Waals surface area contributed by atoms with Crippen LogP contribution >= 0.6 is 0 Å². The van der Waals surface area contributed by atoms with Gasteiger partial charge in [0.05, 0.1) is 11.9 Å². The third kappa shape index (κ3) is 4.86. The lowest BCUT2D eigenvalue weighted by Crippen LogP contribution is -2.36. The van der Waals surface area contributed by atoms with Crippen LogP contribution in [0.15, 0.2) is 47.5 Å². The molecule has 0 aromatic carbocycles. The molecule has 8 nitrogen and oxygen atoms in total. The molecule has 0 aliphatic carbocycles. The normalized spacial score (nSPS) is 15.9. The van der Waals surface area contributed by atoms with E-state index in [0.29, 0.717) is 30.4 Å². The molecule has 1 aliphatic heterocycles. The Hall–Kier alpha value is -3.53. The van der Waals surface area contributed by atoms with Crippen molar-refractivity contribution in [2.75, 3.05) is 20.1 Å². The van der Waals surface area contributed by atoms with Gasteiger partial charge in [-0.15, -0.1) is 0 Å². The van der Waals surface area contributed by atoms with Crippen molar-refractivity contribution in [2.45, 2.75) is 25.7 Å². The van der Waals surface area contributed by atoms with Gasteiger partial charge < -0.3 is 9.42 Å². The third-order valence-corrected chi connectivity index (χ3v) is 5.19. The van der Waals surface area contributed by atoms with Crippen molar-refractivity contribution in [3.8, 4) is 17.1 Å². The minimum absolute atomic E-state index is 0.0312. The largest absolute Gasteiger partial charge is 0.339 e. The molecule has 0 spiro atoms. The summed E-state index contributed by atoms with van der Waals surface area (Å²) in [6.07, 6.45) is 7.68. The Balaban J connectivity index is 0.000000230. The summed E-state index contributed by atoms with van der Waals surface area (Å²) in [7, 11) is 1.87. The third-order valence-electron chi connectivity index (χ3n) is 5.19. The van der Waals surface area contributed by atoms with Crippen molar-refractivity contribution in [1.29, 1.82) is 0 Å². The molecule has 0 bridgehead atoms. The predicted octanol–water partition coefficient (Wildman–Crippen LogP) is 3.94. The van der Waals surface area contributed by atoms with Crippen molar-refractivity contribution < 1.29 is 18.1 Å². The SMILES string of the molecule is CN1CCC(F)(F)CC1.Cc1nc(-c2cncc(-n3ccc4cc(C=O)cnc43)c2)no1. The summed E-state index contributed by atoms with van der Waals surface area (Å²) in [5.74, 6) is -1.39. The van der Waals surface area contributed by atoms with Crippen LogP contribution in [0.2, 0.25) is 0 Å². The van der Waals surface area contributed by atoms with E-state index in [1.807, 2.05) is 34.8 Å². The van der Waals surface area contributed by atoms with Gasteiger partial charge in [0.15, 0.2) is 6.29 Å². The number of hydrogen-bond donors (Lipinski definition) is 0. The molecular weight excluding hydrogens is 418 g/mol. The fourth-order valence-electron chi connectivity index (χ4n) is 3.36. The number of rotatable bonds is 3. The smallest absolute Gasteiger partial charge is 0.250 e. The molecule has 5 heterocycles. The van der Waals surface area contributed by atoms with E-state index in [1.165, 1.54) is 0 Å². The molecule has 5 rings (SSSR count). The maximum Gasteiger partial charge on any atom is 0.250 e. The lowest BCUT2D eigenvalue weighted by molar-refractivity contribution is -0.0504. The summed E-state index contributed by atoms with van der Waals surface area (Å²) in [5.41, 5.74) is 2.88. The first-order valence-corrected chi connectivity index (χ1v) is 10.1. The van der Waals surface area contributed by atoms with Gasteiger partial charge >= 0.3 is 0 Å². The quantitative estimate of drug-likeness (QED) is 0.446. The highest BCUT2D eigenvalue weighted by Gasteiger charge is 2.32. The average molecular weight is 440 g/mol. The topological polar surface area (TPSA) is 89.9 Å². The molecule has 4 aromatic rings. The number of nitrogens with zero attached hydrogens (tertiary/aromatic N) is 6. The fraction of sp³-hybridized carbons (Fsp3) is 0.318. The van der Waals surface area contributed by atoms with Crippen LogP contribution in [0.3, 0.4) is 0 Å². The van der Waals surface area contributed by atoms with Crippen LogP contribution in [0.4, 0.5) is 8.78 Å². The van der Waals surface area contributed by atoms with E-state index in [4.69, 9.17) is 4.52 Å². The molecule has 1 fully saturated rings. The monoisotopic (exact) mass is 440 g/mol. The number of fused-ring (bicyclic) bond motifs is 1. The predicted molar refractivity (Wildman–Crippen MR) is 114 cm³/mol. The van der Waals surface area contributed by atoms with E-state index >= 15 is 0 Å². The number of pyridine rings is 2. The van der Waals surface area contributed by atoms with Gasteiger partial charge in [0, 0.05) is 68.0 Å². The minimum Gasteiger partial charge on any atom is -0.339 e. The number of aromatic nitrogens is 5. The standard InChI is InChI=1S/C16H11N5O2.C6H11F2N/c1-10-19-15(20-23-10)13-5-14(8-17-7-13)21-3-2-12-4-11(9-22)6-18-16(12)21;1-9-4-2-6(7,8)3-5-9/h2-9H,1H3;2-5H2,1H3. The zero-order chi connectivity index (χ0) is 22.7. The van der Waals surface area contributed by atoms with E-state index in [2.05, 4.69) is 20.1 Å². The highest BCUT2D eigenvalue weighted by atomic mass is 19.3. The van der Waals surface area contributed by atoms with Crippen LogP contribution in [0.25, 0.3) is 28.1 Å². The maximum atomic E-state index is 12.4. The van der Waals surface area contributed by atoms with E-state index in [-0.39, 0.29) is 12.8 Å². The van der Waals surface area contributed by atoms with Gasteiger partial charge in [0.2, 0.25) is 11.7 Å². The van der Waals surface area contributed by atoms with Crippen molar-refractivity contribution in [2.24, 2.45) is 0 Å². The Morgan fingerprint density at radius 1 is 1.16 bits per heavy atom. The Morgan fingerprint density at radius 3 is 2.59 bits per heavy atom. The number of halogens is 2. The lowest BCUT2D eigenvalue weighted by atomic mass is 10.1. The van der Waals surface area contributed by atoms with Gasteiger partial charge in [0.25, 0.3) is 5.92 Å². The molecule has 10 heteroatoms. The van der Waals surface area contributed by atoms with Gasteiger partial charge in [-0.2, -0.15) is 4.98 Å². The van der Waals surface area contributed by atoms with Crippen LogP contribution in [0.1, 0.15) is 29.1 Å². The van der Waals surface area contributed by atoms with Crippen LogP contribution < -0.4 is 0 Å². The molecule has 0 amide bonds. The second-order valence-electron chi connectivity index (χ2n) is 7.71. The van der Waals surface area contributed by atoms with Gasteiger partial charge in [0.1, 0.15) is 5.65 Å². The minimum atomic E-state index is -2.38. The molecule has 4 aromatic heterocycles. The van der Waals surface area contributed by atoms with E-state index in [1.54, 1.807) is 31.6 Å². The molecule has 0 atom stereocenters. The Labute approximate surface area is 182 Å². The zero-order valence-corrected chi connectivity index (χ0v) is 17.7. The molecule has 32 heavy (non-hydrogen) atoms. The number of aldehydes is 1. The number of likely N-dealkylation sites (tertiary alicyclic amines) is 1. The summed E-state index contributed by atoms with van der Waals surface area (Å²) in [6.45, 7) is 2.81. The number of carbonyl (C=O) groups excluding carboxylic acids is 1. The fourth-order valence-corrected chi connectivity index (χ4v) is 3.36. The van der Waals surface area contributed by atoms with Crippen LogP contribution in [0.5, 0.6) is 0 Å². The van der Waals surface area contributed by atoms with Crippen molar-refractivity contribution >= 4 is 17.3 Å². The molecule has 0 radical (unpaired) electrons. The van der Waals surface area contributed by atoms with Crippen molar-refractivity contribution in [3.05, 3.63) is 54.4 Å². The molecule has 0 saturated carbocycles. The summed E-state index contributed by atoms with van der Waals surface area (Å²) in [6, 6.07) is 5.61. The Morgan fingerprint density at radius 2 is 1.94 bits per heavy atom. The molecular formula is C22H22F2N6O2. The van der Waals surface area contributed by atoms with Gasteiger partial charge in [-0.1, -0.05) is 5.16 Å². The van der Waals surface area contributed by atoms with Crippen LogP contribution in [0, 0.1) is 6.92 Å². The Bertz CT molecular complexity index is 1230. The van der Waals surface area contributed by atoms with Crippen LogP contribution in [-0.2, 0) is 0 Å². The van der Waals surface area contributed by atoms with Crippen molar-refractivity contribution in [1.82, 2.24) is 29.6 Å². The maximum absolute atomic E-state index is 12.4. The summed E-state index contributed by atoms with van der Waals surface area (Å²) in [5, 5.41) is 4.79. The zero-order valence-electron chi connectivity index (χ0n) is 17.7. The molecule has 1 saturated heterocycles. The summed E-state index contributed by atoms with van der Waals surface area (Å²) >= 11 is 0. The lowest BCUT2D eigenvalue weighted by Gasteiger charge is -2.28. The average Bonchev–Trinajstić information content (AvgIpc) is 3.42. The number of alkyl halides is 2. The van der Waals surface area contributed by atoms with E-state index in [9.17, 15) is 13.6 Å². The molecule has 1 aliphatic rings. The van der Waals surface area contributed by atoms with Gasteiger partial charge in [-0.05, 0) is 25.2 Å². The summed E-state index contributed by atoms with van der Waals surface area (Å²) < 4.78 is 31.6. The second kappa shape index (κ2) is 8.91. The molecule has 0 N–H and O–H groups in total. The Kier molecular flexibility index (Phi) is 6.04. The number of piperidine rings is 1. The number of aryl methyl sites for hydroxylation is 1. The molecule has 166 valence electrons. The number of hydrogen-bond acceptors (Lipinski definition) is 7. The summed E-state index contributed by atoms with van der Waals surface area (Å²) in [4.78, 5) is 25.6. The number of carbonyl (C=O) groups is 1. The first-order valence-electron chi connectivity index (χ1n) is 10.1. The van der Waals surface area contributed by atoms with E-state index in [0.717, 1.165) is 28.6 Å². The van der Waals surface area contributed by atoms with Crippen molar-refractivity contribution in [3.63, 3.8) is 0 Å². The highest BCUT2D eigenvalue weighted by molar-refractivity contribution is 5.85. The highest BCUT2D eigenvalue weighted by Crippen LogP contribution is 2.26. The van der Waals surface area contributed by atoms with Gasteiger partial charge in [-0.3, -0.25) is 14.3 Å². The first-order chi connectivity index (χ1) is 15.3. The van der Waals surface area contributed by atoms with E-state index < -0.39 is 5.92 Å².